The summed E-state index contributed by atoms with van der Waals surface area (Å²) in [5.41, 5.74) is 3.15. The summed E-state index contributed by atoms with van der Waals surface area (Å²) in [4.78, 5) is 33.8. The fourth-order valence-electron chi connectivity index (χ4n) is 4.48. The Balaban J connectivity index is 1.81. The Morgan fingerprint density at radius 1 is 1.06 bits per heavy atom. The molecule has 0 fully saturated rings. The van der Waals surface area contributed by atoms with Crippen molar-refractivity contribution in [1.82, 2.24) is 14.5 Å². The van der Waals surface area contributed by atoms with Crippen molar-refractivity contribution in [2.45, 2.75) is 39.7 Å². The van der Waals surface area contributed by atoms with Gasteiger partial charge >= 0.3 is 0 Å². The molecule has 4 rings (SSSR count). The van der Waals surface area contributed by atoms with Crippen LogP contribution in [0.25, 0.3) is 16.6 Å². The van der Waals surface area contributed by atoms with Gasteiger partial charge < -0.3 is 9.64 Å². The van der Waals surface area contributed by atoms with Crippen molar-refractivity contribution in [3.63, 3.8) is 0 Å². The van der Waals surface area contributed by atoms with Crippen LogP contribution in [0, 0.1) is 6.92 Å². The molecule has 0 spiro atoms. The molecule has 4 aromatic rings. The van der Waals surface area contributed by atoms with Crippen molar-refractivity contribution < 1.29 is 9.53 Å². The van der Waals surface area contributed by atoms with Gasteiger partial charge in [0.15, 0.2) is 0 Å². The largest absolute Gasteiger partial charge is 0.495 e. The zero-order valence-electron chi connectivity index (χ0n) is 20.7. The Morgan fingerprint density at radius 2 is 1.77 bits per heavy atom. The van der Waals surface area contributed by atoms with Crippen LogP contribution in [-0.2, 0) is 11.2 Å². The molecule has 1 heterocycles. The Labute approximate surface area is 205 Å². The highest BCUT2D eigenvalue weighted by Crippen LogP contribution is 2.29. The number of aromatic nitrogens is 2. The number of carbonyl (C=O) groups is 1. The van der Waals surface area contributed by atoms with E-state index in [0.717, 1.165) is 11.1 Å². The molecule has 1 atom stereocenters. The lowest BCUT2D eigenvalue weighted by Crippen LogP contribution is -2.37. The Morgan fingerprint density at radius 3 is 2.49 bits per heavy atom. The first-order valence-electron chi connectivity index (χ1n) is 11.9. The fraction of sp³-hybridized carbons (Fsp3) is 0.276. The van der Waals surface area contributed by atoms with E-state index < -0.39 is 6.04 Å². The van der Waals surface area contributed by atoms with Gasteiger partial charge in [-0.05, 0) is 62.6 Å². The van der Waals surface area contributed by atoms with Crippen LogP contribution in [0.5, 0.6) is 5.75 Å². The van der Waals surface area contributed by atoms with Gasteiger partial charge in [-0.3, -0.25) is 14.2 Å². The maximum absolute atomic E-state index is 13.8. The molecule has 0 saturated heterocycles. The van der Waals surface area contributed by atoms with Crippen LogP contribution in [0.2, 0.25) is 0 Å². The molecule has 3 aromatic carbocycles. The molecule has 1 amide bonds. The molecule has 180 valence electrons. The molecule has 0 radical (unpaired) electrons. The SMILES string of the molecule is CCN(C(=O)CCc1ccccc1)C(C)c1nc2ccccc2c(=O)n1-c1cc(C)ccc1OC. The average molecular weight is 470 g/mol. The van der Waals surface area contributed by atoms with E-state index in [0.29, 0.717) is 47.6 Å². The first-order valence-corrected chi connectivity index (χ1v) is 11.9. The summed E-state index contributed by atoms with van der Waals surface area (Å²) in [6, 6.07) is 22.6. The van der Waals surface area contributed by atoms with E-state index in [1.54, 1.807) is 22.6 Å². The molecule has 0 aliphatic heterocycles. The Hall–Kier alpha value is -3.93. The number of aryl methyl sites for hydroxylation is 2. The Bertz CT molecular complexity index is 1400. The maximum Gasteiger partial charge on any atom is 0.266 e. The molecule has 1 unspecified atom stereocenters. The average Bonchev–Trinajstić information content (AvgIpc) is 2.88. The minimum Gasteiger partial charge on any atom is -0.495 e. The molecule has 0 bridgehead atoms. The number of benzene rings is 3. The van der Waals surface area contributed by atoms with Gasteiger partial charge in [0.2, 0.25) is 5.91 Å². The molecule has 0 saturated carbocycles. The summed E-state index contributed by atoms with van der Waals surface area (Å²) in [6.45, 7) is 6.35. The third-order valence-corrected chi connectivity index (χ3v) is 6.35. The molecule has 35 heavy (non-hydrogen) atoms. The molecular weight excluding hydrogens is 438 g/mol. The van der Waals surface area contributed by atoms with Crippen molar-refractivity contribution in [1.29, 1.82) is 0 Å². The van der Waals surface area contributed by atoms with Gasteiger partial charge in [-0.1, -0.05) is 48.5 Å². The van der Waals surface area contributed by atoms with Gasteiger partial charge in [0, 0.05) is 13.0 Å². The van der Waals surface area contributed by atoms with E-state index in [-0.39, 0.29) is 11.5 Å². The van der Waals surface area contributed by atoms with Crippen LogP contribution in [-0.4, -0.2) is 34.0 Å². The summed E-state index contributed by atoms with van der Waals surface area (Å²) < 4.78 is 7.21. The van der Waals surface area contributed by atoms with Crippen molar-refractivity contribution in [2.75, 3.05) is 13.7 Å². The van der Waals surface area contributed by atoms with Crippen molar-refractivity contribution in [3.05, 3.63) is 100 Å². The Kier molecular flexibility index (Phi) is 7.30. The second-order valence-electron chi connectivity index (χ2n) is 8.64. The number of fused-ring (bicyclic) bond motifs is 1. The van der Waals surface area contributed by atoms with E-state index in [2.05, 4.69) is 0 Å². The summed E-state index contributed by atoms with van der Waals surface area (Å²) in [5.74, 6) is 1.10. The lowest BCUT2D eigenvalue weighted by atomic mass is 10.1. The third-order valence-electron chi connectivity index (χ3n) is 6.35. The van der Waals surface area contributed by atoms with E-state index in [1.165, 1.54) is 0 Å². The predicted molar refractivity (Wildman–Crippen MR) is 139 cm³/mol. The first-order chi connectivity index (χ1) is 16.9. The zero-order chi connectivity index (χ0) is 24.9. The van der Waals surface area contributed by atoms with E-state index in [1.807, 2.05) is 87.5 Å². The van der Waals surface area contributed by atoms with Crippen LogP contribution >= 0.6 is 0 Å². The van der Waals surface area contributed by atoms with Crippen LogP contribution in [0.4, 0.5) is 0 Å². The highest BCUT2D eigenvalue weighted by atomic mass is 16.5. The fourth-order valence-corrected chi connectivity index (χ4v) is 4.48. The van der Waals surface area contributed by atoms with Crippen LogP contribution in [0.3, 0.4) is 0 Å². The van der Waals surface area contributed by atoms with Gasteiger partial charge in [-0.15, -0.1) is 0 Å². The number of rotatable bonds is 8. The lowest BCUT2D eigenvalue weighted by Gasteiger charge is -2.30. The molecule has 6 nitrogen and oxygen atoms in total. The molecule has 1 aromatic heterocycles. The number of hydrogen-bond donors (Lipinski definition) is 0. The first kappa shape index (κ1) is 24.2. The minimum absolute atomic E-state index is 0.0222. The number of nitrogens with zero attached hydrogens (tertiary/aromatic N) is 3. The maximum atomic E-state index is 13.8. The second kappa shape index (κ2) is 10.6. The predicted octanol–water partition coefficient (Wildman–Crippen LogP) is 5.25. The standard InChI is InChI=1S/C29H31N3O3/c1-5-31(27(33)18-16-22-11-7-6-8-12-22)21(3)28-30-24-14-10-9-13-23(24)29(34)32(28)25-19-20(2)15-17-26(25)35-4/h6-15,17,19,21H,5,16,18H2,1-4H3. The van der Waals surface area contributed by atoms with E-state index in [9.17, 15) is 9.59 Å². The number of amides is 1. The zero-order valence-corrected chi connectivity index (χ0v) is 20.7. The molecule has 0 aliphatic rings. The van der Waals surface area contributed by atoms with Gasteiger partial charge in [-0.2, -0.15) is 0 Å². The van der Waals surface area contributed by atoms with Gasteiger partial charge in [0.05, 0.1) is 29.7 Å². The van der Waals surface area contributed by atoms with Crippen molar-refractivity contribution in [2.24, 2.45) is 0 Å². The van der Waals surface area contributed by atoms with Gasteiger partial charge in [0.25, 0.3) is 5.56 Å². The van der Waals surface area contributed by atoms with Crippen LogP contribution < -0.4 is 10.3 Å². The lowest BCUT2D eigenvalue weighted by molar-refractivity contribution is -0.133. The topological polar surface area (TPSA) is 64.4 Å². The number of carbonyl (C=O) groups excluding carboxylic acids is 1. The van der Waals surface area contributed by atoms with Crippen molar-refractivity contribution in [3.8, 4) is 11.4 Å². The highest BCUT2D eigenvalue weighted by Gasteiger charge is 2.26. The second-order valence-corrected chi connectivity index (χ2v) is 8.64. The third kappa shape index (κ3) is 4.97. The number of para-hydroxylation sites is 1. The van der Waals surface area contributed by atoms with Crippen LogP contribution in [0.15, 0.2) is 77.6 Å². The molecule has 6 heteroatoms. The van der Waals surface area contributed by atoms with Crippen LogP contribution in [0.1, 0.15) is 43.3 Å². The van der Waals surface area contributed by atoms with Crippen molar-refractivity contribution >= 4 is 16.8 Å². The number of hydrogen-bond acceptors (Lipinski definition) is 4. The molecule has 0 N–H and O–H groups in total. The minimum atomic E-state index is -0.425. The quantitative estimate of drug-likeness (QED) is 0.354. The summed E-state index contributed by atoms with van der Waals surface area (Å²) in [7, 11) is 1.59. The smallest absolute Gasteiger partial charge is 0.266 e. The van der Waals surface area contributed by atoms with E-state index >= 15 is 0 Å². The van der Waals surface area contributed by atoms with Gasteiger partial charge in [0.1, 0.15) is 11.6 Å². The van der Waals surface area contributed by atoms with E-state index in [4.69, 9.17) is 9.72 Å². The summed E-state index contributed by atoms with van der Waals surface area (Å²) >= 11 is 0. The monoisotopic (exact) mass is 469 g/mol. The molecular formula is C29H31N3O3. The highest BCUT2D eigenvalue weighted by molar-refractivity contribution is 5.79. The summed E-state index contributed by atoms with van der Waals surface area (Å²) in [5, 5.41) is 0.519. The normalized spacial score (nSPS) is 11.9. The number of methoxy groups -OCH3 is 1. The van der Waals surface area contributed by atoms with Gasteiger partial charge in [-0.25, -0.2) is 4.98 Å². The number of ether oxygens (including phenoxy) is 1. The summed E-state index contributed by atoms with van der Waals surface area (Å²) in [6.07, 6.45) is 1.04. The molecule has 0 aliphatic carbocycles.